The minimum atomic E-state index is -0.490. The fraction of sp³-hybridized carbons (Fsp3) is 0.0714. The molecule has 0 atom stereocenters. The minimum absolute atomic E-state index is 0.0428. The van der Waals surface area contributed by atoms with Crippen molar-refractivity contribution in [1.82, 2.24) is 0 Å². The first kappa shape index (κ1) is 13.8. The Kier molecular flexibility index (Phi) is 4.18. The van der Waals surface area contributed by atoms with E-state index in [1.165, 1.54) is 18.2 Å². The van der Waals surface area contributed by atoms with E-state index in [9.17, 15) is 10.1 Å². The normalized spacial score (nSPS) is 9.80. The summed E-state index contributed by atoms with van der Waals surface area (Å²) in [6.07, 6.45) is 0. The van der Waals surface area contributed by atoms with E-state index in [-0.39, 0.29) is 11.6 Å². The van der Waals surface area contributed by atoms with E-state index in [1.54, 1.807) is 24.3 Å². The molecule has 0 amide bonds. The van der Waals surface area contributed by atoms with Gasteiger partial charge in [-0.3, -0.25) is 10.1 Å². The Hall–Kier alpha value is -2.58. The predicted octanol–water partition coefficient (Wildman–Crippen LogP) is 4.00. The van der Waals surface area contributed by atoms with Crippen LogP contribution in [0.1, 0.15) is 11.1 Å². The third kappa shape index (κ3) is 3.05. The lowest BCUT2D eigenvalue weighted by molar-refractivity contribution is -0.384. The first-order chi connectivity index (χ1) is 9.63. The Bertz CT molecular complexity index is 695. The number of benzene rings is 2. The van der Waals surface area contributed by atoms with Crippen LogP contribution in [0.5, 0.6) is 11.5 Å². The van der Waals surface area contributed by atoms with E-state index >= 15 is 0 Å². The molecule has 20 heavy (non-hydrogen) atoms. The lowest BCUT2D eigenvalue weighted by atomic mass is 10.2. The number of non-ortho nitro benzene ring substituents is 1. The summed E-state index contributed by atoms with van der Waals surface area (Å²) in [7, 11) is 0. The van der Waals surface area contributed by atoms with Gasteiger partial charge < -0.3 is 4.74 Å². The molecule has 0 fully saturated rings. The lowest BCUT2D eigenvalue weighted by Crippen LogP contribution is -1.93. The van der Waals surface area contributed by atoms with E-state index < -0.39 is 4.92 Å². The number of nitriles is 1. The average molecular weight is 289 g/mol. The van der Waals surface area contributed by atoms with Crippen LogP contribution < -0.4 is 4.74 Å². The molecule has 0 aromatic heterocycles. The zero-order valence-corrected chi connectivity index (χ0v) is 11.0. The highest BCUT2D eigenvalue weighted by Gasteiger charge is 2.12. The topological polar surface area (TPSA) is 76.2 Å². The third-order valence-corrected chi connectivity index (χ3v) is 2.88. The standard InChI is InChI=1S/C14H9ClN2O3/c15-8-11-7-12(17(18)19)4-5-14(11)20-13-3-1-2-10(6-13)9-16/h1-7H,8H2. The number of nitro benzene ring substituents is 1. The molecule has 6 heteroatoms. The predicted molar refractivity (Wildman–Crippen MR) is 73.9 cm³/mol. The van der Waals surface area contributed by atoms with Gasteiger partial charge in [-0.1, -0.05) is 6.07 Å². The number of hydrogen-bond donors (Lipinski definition) is 0. The van der Waals surface area contributed by atoms with Crippen LogP contribution in [-0.2, 0) is 5.88 Å². The second-order valence-corrected chi connectivity index (χ2v) is 4.19. The number of nitro groups is 1. The smallest absolute Gasteiger partial charge is 0.270 e. The summed E-state index contributed by atoms with van der Waals surface area (Å²) in [5.41, 5.74) is 0.943. The van der Waals surface area contributed by atoms with Gasteiger partial charge in [0.1, 0.15) is 11.5 Å². The SMILES string of the molecule is N#Cc1cccc(Oc2ccc([N+](=O)[O-])cc2CCl)c1. The monoisotopic (exact) mass is 288 g/mol. The Balaban J connectivity index is 2.33. The van der Waals surface area contributed by atoms with Crippen LogP contribution in [0.4, 0.5) is 5.69 Å². The van der Waals surface area contributed by atoms with E-state index in [2.05, 4.69) is 0 Å². The highest BCUT2D eigenvalue weighted by molar-refractivity contribution is 6.17. The van der Waals surface area contributed by atoms with Crippen LogP contribution in [0.2, 0.25) is 0 Å². The van der Waals surface area contributed by atoms with Crippen molar-refractivity contribution in [2.45, 2.75) is 5.88 Å². The molecule has 0 aliphatic heterocycles. The maximum absolute atomic E-state index is 10.7. The fourth-order valence-electron chi connectivity index (χ4n) is 1.64. The van der Waals surface area contributed by atoms with Crippen LogP contribution in [-0.4, -0.2) is 4.92 Å². The lowest BCUT2D eigenvalue weighted by Gasteiger charge is -2.09. The van der Waals surface area contributed by atoms with Crippen molar-refractivity contribution in [3.05, 3.63) is 63.7 Å². The van der Waals surface area contributed by atoms with Gasteiger partial charge in [0.05, 0.1) is 22.4 Å². The Morgan fingerprint density at radius 3 is 2.75 bits per heavy atom. The molecule has 0 spiro atoms. The Morgan fingerprint density at radius 2 is 2.10 bits per heavy atom. The van der Waals surface area contributed by atoms with Crippen molar-refractivity contribution in [3.8, 4) is 17.6 Å². The summed E-state index contributed by atoms with van der Waals surface area (Å²) in [4.78, 5) is 10.2. The first-order valence-electron chi connectivity index (χ1n) is 5.65. The zero-order valence-electron chi connectivity index (χ0n) is 10.2. The minimum Gasteiger partial charge on any atom is -0.457 e. The van der Waals surface area contributed by atoms with E-state index in [0.29, 0.717) is 22.6 Å². The van der Waals surface area contributed by atoms with Gasteiger partial charge in [-0.2, -0.15) is 5.26 Å². The molecule has 0 saturated heterocycles. The summed E-state index contributed by atoms with van der Waals surface area (Å²) in [6, 6.07) is 12.9. The van der Waals surface area contributed by atoms with Gasteiger partial charge in [0, 0.05) is 17.7 Å². The maximum Gasteiger partial charge on any atom is 0.270 e. The van der Waals surface area contributed by atoms with Gasteiger partial charge in [0.2, 0.25) is 0 Å². The van der Waals surface area contributed by atoms with Crippen LogP contribution in [0.3, 0.4) is 0 Å². The summed E-state index contributed by atoms with van der Waals surface area (Å²) in [6.45, 7) is 0. The summed E-state index contributed by atoms with van der Waals surface area (Å²) in [5.74, 6) is 1.000. The van der Waals surface area contributed by atoms with E-state index in [4.69, 9.17) is 21.6 Å². The molecular weight excluding hydrogens is 280 g/mol. The highest BCUT2D eigenvalue weighted by atomic mass is 35.5. The molecule has 0 unspecified atom stereocenters. The van der Waals surface area contributed by atoms with Gasteiger partial charge in [-0.25, -0.2) is 0 Å². The van der Waals surface area contributed by atoms with Gasteiger partial charge in [-0.15, -0.1) is 11.6 Å². The average Bonchev–Trinajstić information content (AvgIpc) is 2.47. The number of rotatable bonds is 4. The van der Waals surface area contributed by atoms with Gasteiger partial charge in [0.25, 0.3) is 5.69 Å². The molecule has 0 N–H and O–H groups in total. The molecule has 2 aromatic carbocycles. The quantitative estimate of drug-likeness (QED) is 0.484. The second-order valence-electron chi connectivity index (χ2n) is 3.92. The van der Waals surface area contributed by atoms with Crippen molar-refractivity contribution < 1.29 is 9.66 Å². The van der Waals surface area contributed by atoms with Crippen molar-refractivity contribution in [2.75, 3.05) is 0 Å². The molecule has 2 rings (SSSR count). The number of halogens is 1. The van der Waals surface area contributed by atoms with Gasteiger partial charge in [-0.05, 0) is 24.3 Å². The number of alkyl halides is 1. The second kappa shape index (κ2) is 6.04. The molecular formula is C14H9ClN2O3. The van der Waals surface area contributed by atoms with E-state index in [0.717, 1.165) is 0 Å². The summed E-state index contributed by atoms with van der Waals surface area (Å²) >= 11 is 5.78. The molecule has 2 aromatic rings. The molecule has 5 nitrogen and oxygen atoms in total. The fourth-order valence-corrected chi connectivity index (χ4v) is 1.85. The molecule has 100 valence electrons. The van der Waals surface area contributed by atoms with Crippen molar-refractivity contribution >= 4 is 17.3 Å². The molecule has 0 radical (unpaired) electrons. The van der Waals surface area contributed by atoms with Crippen LogP contribution in [0, 0.1) is 21.4 Å². The molecule has 0 bridgehead atoms. The number of nitrogens with zero attached hydrogens (tertiary/aromatic N) is 2. The highest BCUT2D eigenvalue weighted by Crippen LogP contribution is 2.30. The van der Waals surface area contributed by atoms with Crippen molar-refractivity contribution in [3.63, 3.8) is 0 Å². The largest absolute Gasteiger partial charge is 0.457 e. The van der Waals surface area contributed by atoms with Crippen LogP contribution in [0.25, 0.3) is 0 Å². The molecule has 0 aliphatic carbocycles. The van der Waals surface area contributed by atoms with Gasteiger partial charge >= 0.3 is 0 Å². The number of ether oxygens (including phenoxy) is 1. The van der Waals surface area contributed by atoms with Crippen molar-refractivity contribution in [2.24, 2.45) is 0 Å². The molecule has 0 saturated carbocycles. The molecule has 0 heterocycles. The van der Waals surface area contributed by atoms with Crippen LogP contribution >= 0.6 is 11.6 Å². The first-order valence-corrected chi connectivity index (χ1v) is 6.19. The van der Waals surface area contributed by atoms with E-state index in [1.807, 2.05) is 6.07 Å². The maximum atomic E-state index is 10.7. The summed E-state index contributed by atoms with van der Waals surface area (Å²) in [5, 5.41) is 19.5. The Labute approximate surface area is 120 Å². The number of hydrogen-bond acceptors (Lipinski definition) is 4. The van der Waals surface area contributed by atoms with Crippen LogP contribution in [0.15, 0.2) is 42.5 Å². The van der Waals surface area contributed by atoms with Gasteiger partial charge in [0.15, 0.2) is 0 Å². The molecule has 0 aliphatic rings. The third-order valence-electron chi connectivity index (χ3n) is 2.59. The Morgan fingerprint density at radius 1 is 1.30 bits per heavy atom. The zero-order chi connectivity index (χ0) is 14.5. The van der Waals surface area contributed by atoms with Crippen molar-refractivity contribution in [1.29, 1.82) is 5.26 Å². The summed E-state index contributed by atoms with van der Waals surface area (Å²) < 4.78 is 5.62.